The molecule has 3 N–H and O–H groups in total. The van der Waals surface area contributed by atoms with Crippen LogP contribution < -0.4 is 15.5 Å². The summed E-state index contributed by atoms with van der Waals surface area (Å²) >= 11 is 1.83. The zero-order chi connectivity index (χ0) is 19.2. The fraction of sp³-hybridized carbons (Fsp3) is 0.409. The minimum Gasteiger partial charge on any atom is -0.363 e. The Bertz CT molecular complexity index is 858. The lowest BCUT2D eigenvalue weighted by Gasteiger charge is -2.33. The van der Waals surface area contributed by atoms with E-state index >= 15 is 0 Å². The molecule has 1 aliphatic heterocycles. The fourth-order valence-electron chi connectivity index (χ4n) is 3.76. The Kier molecular flexibility index (Phi) is 6.17. The molecule has 3 aromatic rings. The summed E-state index contributed by atoms with van der Waals surface area (Å²) in [5, 5.41) is 11.8. The van der Waals surface area contributed by atoms with Crippen molar-refractivity contribution in [3.05, 3.63) is 53.5 Å². The molecular weight excluding hydrogens is 366 g/mol. The van der Waals surface area contributed by atoms with Crippen molar-refractivity contribution >= 4 is 33.2 Å². The molecule has 28 heavy (non-hydrogen) atoms. The van der Waals surface area contributed by atoms with Crippen LogP contribution in [-0.4, -0.2) is 43.2 Å². The highest BCUT2D eigenvalue weighted by atomic mass is 32.1. The molecule has 0 atom stereocenters. The van der Waals surface area contributed by atoms with Crippen LogP contribution in [0.2, 0.25) is 0 Å². The smallest absolute Gasteiger partial charge is 0.191 e. The van der Waals surface area contributed by atoms with Crippen molar-refractivity contribution in [2.75, 3.05) is 31.1 Å². The lowest BCUT2D eigenvalue weighted by atomic mass is 10.1. The van der Waals surface area contributed by atoms with Crippen LogP contribution in [0.25, 0.3) is 10.9 Å². The predicted molar refractivity (Wildman–Crippen MR) is 121 cm³/mol. The molecule has 1 aliphatic rings. The normalized spacial score (nSPS) is 15.9. The molecular formula is C22H29N5S. The molecule has 0 amide bonds. The average Bonchev–Trinajstić information content (AvgIpc) is 3.38. The number of nitrogens with zero attached hydrogens (tertiary/aromatic N) is 2. The predicted octanol–water partition coefficient (Wildman–Crippen LogP) is 4.00. The standard InChI is InChI=1S/C22H29N5S/c1-2-23-22(24-12-9-19-16-17-6-3-4-7-20(17)25-19)26-18-10-13-27(14-11-18)21-8-5-15-28-21/h3-8,15-16,18,25H,2,9-14H2,1H3,(H2,23,24,26). The number of fused-ring (bicyclic) bond motifs is 1. The summed E-state index contributed by atoms with van der Waals surface area (Å²) in [6, 6.07) is 15.5. The molecule has 148 valence electrons. The first-order valence-corrected chi connectivity index (χ1v) is 11.1. The van der Waals surface area contributed by atoms with Gasteiger partial charge in [0.05, 0.1) is 5.00 Å². The van der Waals surface area contributed by atoms with Gasteiger partial charge in [0.2, 0.25) is 0 Å². The molecule has 0 saturated carbocycles. The first-order chi connectivity index (χ1) is 13.8. The van der Waals surface area contributed by atoms with E-state index in [9.17, 15) is 0 Å². The van der Waals surface area contributed by atoms with E-state index < -0.39 is 0 Å². The lowest BCUT2D eigenvalue weighted by molar-refractivity contribution is 0.463. The van der Waals surface area contributed by atoms with Crippen molar-refractivity contribution in [2.24, 2.45) is 4.99 Å². The Labute approximate surface area is 170 Å². The van der Waals surface area contributed by atoms with Crippen LogP contribution in [0.5, 0.6) is 0 Å². The SMILES string of the molecule is CCNC(=NCCc1cc2ccccc2[nH]1)NC1CCN(c2cccs2)CC1. The highest BCUT2D eigenvalue weighted by Crippen LogP contribution is 2.24. The molecule has 6 heteroatoms. The van der Waals surface area contributed by atoms with Gasteiger partial charge in [-0.1, -0.05) is 18.2 Å². The number of aromatic nitrogens is 1. The van der Waals surface area contributed by atoms with Gasteiger partial charge in [0, 0.05) is 49.9 Å². The minimum absolute atomic E-state index is 0.488. The molecule has 3 heterocycles. The van der Waals surface area contributed by atoms with Crippen LogP contribution in [0.15, 0.2) is 52.8 Å². The second kappa shape index (κ2) is 9.15. The van der Waals surface area contributed by atoms with Crippen LogP contribution in [0.1, 0.15) is 25.5 Å². The molecule has 1 aromatic carbocycles. The molecule has 0 spiro atoms. The van der Waals surface area contributed by atoms with Gasteiger partial charge in [0.15, 0.2) is 5.96 Å². The van der Waals surface area contributed by atoms with E-state index in [0.29, 0.717) is 6.04 Å². The number of nitrogens with one attached hydrogen (secondary N) is 3. The van der Waals surface area contributed by atoms with Gasteiger partial charge in [-0.2, -0.15) is 0 Å². The molecule has 0 bridgehead atoms. The van der Waals surface area contributed by atoms with Crippen molar-refractivity contribution in [1.29, 1.82) is 0 Å². The van der Waals surface area contributed by atoms with E-state index in [1.54, 1.807) is 0 Å². The van der Waals surface area contributed by atoms with Gasteiger partial charge in [-0.25, -0.2) is 0 Å². The van der Waals surface area contributed by atoms with Crippen LogP contribution in [0.3, 0.4) is 0 Å². The second-order valence-corrected chi connectivity index (χ2v) is 8.18. The second-order valence-electron chi connectivity index (χ2n) is 7.25. The largest absolute Gasteiger partial charge is 0.363 e. The maximum Gasteiger partial charge on any atom is 0.191 e. The van der Waals surface area contributed by atoms with Gasteiger partial charge in [-0.3, -0.25) is 4.99 Å². The first-order valence-electron chi connectivity index (χ1n) is 10.2. The first kappa shape index (κ1) is 18.9. The lowest BCUT2D eigenvalue weighted by Crippen LogP contribution is -2.48. The third-order valence-electron chi connectivity index (χ3n) is 5.23. The van der Waals surface area contributed by atoms with Crippen molar-refractivity contribution in [1.82, 2.24) is 15.6 Å². The third-order valence-corrected chi connectivity index (χ3v) is 6.16. The molecule has 4 rings (SSSR count). The van der Waals surface area contributed by atoms with Crippen LogP contribution in [0, 0.1) is 0 Å². The topological polar surface area (TPSA) is 55.5 Å². The summed E-state index contributed by atoms with van der Waals surface area (Å²) in [7, 11) is 0. The maximum atomic E-state index is 4.80. The number of H-pyrrole nitrogens is 1. The minimum atomic E-state index is 0.488. The van der Waals surface area contributed by atoms with E-state index in [2.05, 4.69) is 75.3 Å². The third kappa shape index (κ3) is 4.68. The van der Waals surface area contributed by atoms with Crippen molar-refractivity contribution in [3.8, 4) is 0 Å². The van der Waals surface area contributed by atoms with Crippen LogP contribution in [-0.2, 0) is 6.42 Å². The van der Waals surface area contributed by atoms with Gasteiger partial charge >= 0.3 is 0 Å². The molecule has 5 nitrogen and oxygen atoms in total. The highest BCUT2D eigenvalue weighted by molar-refractivity contribution is 7.14. The Morgan fingerprint density at radius 1 is 1.21 bits per heavy atom. The number of anilines is 1. The number of guanidine groups is 1. The number of para-hydroxylation sites is 1. The highest BCUT2D eigenvalue weighted by Gasteiger charge is 2.20. The Balaban J connectivity index is 1.29. The van der Waals surface area contributed by atoms with Gasteiger partial charge in [0.25, 0.3) is 0 Å². The Morgan fingerprint density at radius 3 is 2.82 bits per heavy atom. The van der Waals surface area contributed by atoms with Crippen molar-refractivity contribution in [3.63, 3.8) is 0 Å². The Hall–Kier alpha value is -2.47. The van der Waals surface area contributed by atoms with E-state index in [-0.39, 0.29) is 0 Å². The van der Waals surface area contributed by atoms with Gasteiger partial charge in [0.1, 0.15) is 0 Å². The van der Waals surface area contributed by atoms with Gasteiger partial charge in [-0.05, 0) is 54.8 Å². The summed E-state index contributed by atoms with van der Waals surface area (Å²) in [5.74, 6) is 0.938. The van der Waals surface area contributed by atoms with Crippen LogP contribution >= 0.6 is 11.3 Å². The molecule has 0 aliphatic carbocycles. The van der Waals surface area contributed by atoms with E-state index in [1.165, 1.54) is 21.6 Å². The average molecular weight is 396 g/mol. The monoisotopic (exact) mass is 395 g/mol. The number of rotatable bonds is 6. The molecule has 0 radical (unpaired) electrons. The molecule has 2 aromatic heterocycles. The summed E-state index contributed by atoms with van der Waals surface area (Å²) in [4.78, 5) is 10.8. The van der Waals surface area contributed by atoms with E-state index in [1.807, 2.05) is 11.3 Å². The number of benzene rings is 1. The van der Waals surface area contributed by atoms with Gasteiger partial charge < -0.3 is 20.5 Å². The van der Waals surface area contributed by atoms with E-state index in [0.717, 1.165) is 51.4 Å². The zero-order valence-corrected chi connectivity index (χ0v) is 17.3. The van der Waals surface area contributed by atoms with Crippen molar-refractivity contribution < 1.29 is 0 Å². The zero-order valence-electron chi connectivity index (χ0n) is 16.4. The molecule has 0 unspecified atom stereocenters. The fourth-order valence-corrected chi connectivity index (χ4v) is 4.55. The summed E-state index contributed by atoms with van der Waals surface area (Å²) in [6.45, 7) is 5.98. The summed E-state index contributed by atoms with van der Waals surface area (Å²) in [5.41, 5.74) is 2.44. The van der Waals surface area contributed by atoms with Crippen molar-refractivity contribution in [2.45, 2.75) is 32.2 Å². The van der Waals surface area contributed by atoms with Crippen LogP contribution in [0.4, 0.5) is 5.00 Å². The number of hydrogen-bond acceptors (Lipinski definition) is 3. The quantitative estimate of drug-likeness (QED) is 0.437. The van der Waals surface area contributed by atoms with Gasteiger partial charge in [-0.15, -0.1) is 11.3 Å². The summed E-state index contributed by atoms with van der Waals surface area (Å²) in [6.07, 6.45) is 3.21. The van der Waals surface area contributed by atoms with E-state index in [4.69, 9.17) is 4.99 Å². The molecule has 1 fully saturated rings. The number of thiophene rings is 1. The number of aliphatic imine (C=N–C) groups is 1. The number of piperidine rings is 1. The Morgan fingerprint density at radius 2 is 2.07 bits per heavy atom. The number of aromatic amines is 1. The maximum absolute atomic E-state index is 4.80. The summed E-state index contributed by atoms with van der Waals surface area (Å²) < 4.78 is 0. The molecule has 1 saturated heterocycles. The number of hydrogen-bond donors (Lipinski definition) is 3.